The molecule has 0 aliphatic carbocycles. The van der Waals surface area contributed by atoms with Gasteiger partial charge in [0.05, 0.1) is 30.3 Å². The van der Waals surface area contributed by atoms with Gasteiger partial charge in [-0.1, -0.05) is 67.9 Å². The van der Waals surface area contributed by atoms with Crippen molar-refractivity contribution in [3.05, 3.63) is 72.6 Å². The van der Waals surface area contributed by atoms with Crippen LogP contribution >= 0.6 is 7.75 Å². The van der Waals surface area contributed by atoms with Gasteiger partial charge in [-0.05, 0) is 44.7 Å². The van der Waals surface area contributed by atoms with Crippen molar-refractivity contribution >= 4 is 52.2 Å². The van der Waals surface area contributed by atoms with E-state index in [1.807, 2.05) is 79.1 Å². The van der Waals surface area contributed by atoms with Crippen LogP contribution < -0.4 is 15.3 Å². The van der Waals surface area contributed by atoms with E-state index in [1.54, 1.807) is 19.9 Å². The van der Waals surface area contributed by atoms with Gasteiger partial charge in [-0.15, -0.1) is 0 Å². The molecule has 0 saturated heterocycles. The molecule has 1 unspecified atom stereocenters. The van der Waals surface area contributed by atoms with Gasteiger partial charge in [-0.2, -0.15) is 5.09 Å². The van der Waals surface area contributed by atoms with Crippen molar-refractivity contribution in [2.75, 3.05) is 18.9 Å². The predicted octanol–water partition coefficient (Wildman–Crippen LogP) is 6.77. The first-order valence-corrected chi connectivity index (χ1v) is 16.8. The Morgan fingerprint density at radius 1 is 1.00 bits per heavy atom. The normalized spacial score (nSPS) is 14.4. The van der Waals surface area contributed by atoms with Crippen molar-refractivity contribution in [1.29, 1.82) is 0 Å². The number of imidazole rings is 1. The van der Waals surface area contributed by atoms with Gasteiger partial charge in [0.25, 0.3) is 0 Å². The number of hydrogen-bond donors (Lipinski definition) is 2. The lowest BCUT2D eigenvalue weighted by atomic mass is 10.1. The number of carbonyl (C=O) groups is 1. The van der Waals surface area contributed by atoms with E-state index >= 15 is 0 Å². The Balaban J connectivity index is 1.49. The lowest BCUT2D eigenvalue weighted by molar-refractivity contribution is -0.145. The van der Waals surface area contributed by atoms with Gasteiger partial charge in [0.1, 0.15) is 29.7 Å². The fourth-order valence-electron chi connectivity index (χ4n) is 5.15. The number of benzene rings is 3. The Morgan fingerprint density at radius 3 is 2.51 bits per heavy atom. The fraction of sp³-hybridized carbons (Fsp3) is 0.364. The van der Waals surface area contributed by atoms with Crippen molar-refractivity contribution in [1.82, 2.24) is 19.6 Å². The Morgan fingerprint density at radius 2 is 1.73 bits per heavy atom. The topological polar surface area (TPSA) is 140 Å². The molecule has 0 saturated carbocycles. The van der Waals surface area contributed by atoms with Crippen LogP contribution in [0.1, 0.15) is 46.4 Å². The van der Waals surface area contributed by atoms with E-state index in [0.717, 1.165) is 40.0 Å². The van der Waals surface area contributed by atoms with E-state index in [2.05, 4.69) is 10.1 Å². The van der Waals surface area contributed by atoms with E-state index in [1.165, 1.54) is 0 Å². The summed E-state index contributed by atoms with van der Waals surface area (Å²) >= 11 is 0. The number of anilines is 1. The summed E-state index contributed by atoms with van der Waals surface area (Å²) in [5, 5.41) is 5.35. The summed E-state index contributed by atoms with van der Waals surface area (Å²) in [6.07, 6.45) is 0.921. The molecular formula is C33H40N5O6P. The molecule has 2 heterocycles. The zero-order valence-corrected chi connectivity index (χ0v) is 27.0. The Labute approximate surface area is 262 Å². The largest absolute Gasteiger partial charge is 0.465 e. The first-order chi connectivity index (χ1) is 21.7. The molecule has 5 rings (SSSR count). The van der Waals surface area contributed by atoms with Crippen LogP contribution in [0, 0.1) is 0 Å². The minimum absolute atomic E-state index is 0.228. The second kappa shape index (κ2) is 14.4. The molecule has 0 bridgehead atoms. The van der Waals surface area contributed by atoms with Gasteiger partial charge in [-0.3, -0.25) is 9.32 Å². The second-order valence-corrected chi connectivity index (χ2v) is 12.5. The van der Waals surface area contributed by atoms with Gasteiger partial charge in [0.2, 0.25) is 0 Å². The zero-order chi connectivity index (χ0) is 32.0. The molecule has 0 radical (unpaired) electrons. The summed E-state index contributed by atoms with van der Waals surface area (Å²) in [7, 11) is -4.18. The van der Waals surface area contributed by atoms with Crippen molar-refractivity contribution in [2.24, 2.45) is 0 Å². The lowest BCUT2D eigenvalue weighted by Crippen LogP contribution is -2.36. The van der Waals surface area contributed by atoms with Gasteiger partial charge in [0.15, 0.2) is 5.82 Å². The first-order valence-electron chi connectivity index (χ1n) is 15.2. The SMILES string of the molecule is CCCCOC(=O)[C@H](C)NP(=O)(Oc1cccc2ccccc12)O[C@H](C)Cn1c(COCC)nc2c(N)nc3ccccc3c21. The van der Waals surface area contributed by atoms with Crippen molar-refractivity contribution in [3.63, 3.8) is 0 Å². The third-order valence-electron chi connectivity index (χ3n) is 7.30. The number of ether oxygens (including phenoxy) is 2. The van der Waals surface area contributed by atoms with Crippen LogP contribution in [0.2, 0.25) is 0 Å². The molecule has 3 aromatic carbocycles. The number of nitrogens with two attached hydrogens (primary N) is 1. The molecule has 3 atom stereocenters. The fourth-order valence-corrected chi connectivity index (χ4v) is 6.84. The maximum Gasteiger partial charge on any atom is 0.459 e. The quantitative estimate of drug-likeness (QED) is 0.0721. The highest BCUT2D eigenvalue weighted by Crippen LogP contribution is 2.48. The molecule has 45 heavy (non-hydrogen) atoms. The molecule has 0 spiro atoms. The first kappa shape index (κ1) is 32.4. The molecular weight excluding hydrogens is 593 g/mol. The van der Waals surface area contributed by atoms with Crippen LogP contribution in [-0.4, -0.2) is 45.9 Å². The number of esters is 1. The van der Waals surface area contributed by atoms with Crippen molar-refractivity contribution in [3.8, 4) is 5.75 Å². The molecule has 2 aromatic heterocycles. The Hall–Kier alpha value is -4.02. The molecule has 11 nitrogen and oxygen atoms in total. The van der Waals surface area contributed by atoms with E-state index in [-0.39, 0.29) is 19.8 Å². The number of unbranched alkanes of at least 4 members (excludes halogenated alkanes) is 1. The molecule has 0 aliphatic rings. The summed E-state index contributed by atoms with van der Waals surface area (Å²) in [6.45, 7) is 8.50. The molecule has 0 amide bonds. The summed E-state index contributed by atoms with van der Waals surface area (Å²) in [5.41, 5.74) is 8.39. The van der Waals surface area contributed by atoms with E-state index in [4.69, 9.17) is 29.2 Å². The smallest absolute Gasteiger partial charge is 0.459 e. The van der Waals surface area contributed by atoms with Gasteiger partial charge >= 0.3 is 13.7 Å². The summed E-state index contributed by atoms with van der Waals surface area (Å²) in [4.78, 5) is 22.1. The number of pyridine rings is 1. The van der Waals surface area contributed by atoms with Crippen LogP contribution in [0.3, 0.4) is 0 Å². The molecule has 3 N–H and O–H groups in total. The minimum Gasteiger partial charge on any atom is -0.465 e. The number of rotatable bonds is 15. The maximum absolute atomic E-state index is 14.6. The van der Waals surface area contributed by atoms with E-state index in [0.29, 0.717) is 29.5 Å². The molecule has 12 heteroatoms. The monoisotopic (exact) mass is 633 g/mol. The number of carbonyl (C=O) groups excluding carboxylic acids is 1. The number of hydrogen-bond acceptors (Lipinski definition) is 9. The van der Waals surface area contributed by atoms with Gasteiger partial charge in [-0.25, -0.2) is 14.5 Å². The van der Waals surface area contributed by atoms with Gasteiger partial charge in [0, 0.05) is 17.4 Å². The minimum atomic E-state index is -4.18. The molecule has 0 aliphatic heterocycles. The van der Waals surface area contributed by atoms with E-state index < -0.39 is 25.9 Å². The average molecular weight is 634 g/mol. The summed E-state index contributed by atoms with van der Waals surface area (Å²) < 4.78 is 40.0. The highest BCUT2D eigenvalue weighted by atomic mass is 31.2. The van der Waals surface area contributed by atoms with Gasteiger partial charge < -0.3 is 24.3 Å². The number of para-hydroxylation sites is 1. The maximum atomic E-state index is 14.6. The zero-order valence-electron chi connectivity index (χ0n) is 26.1. The summed E-state index contributed by atoms with van der Waals surface area (Å²) in [6, 6.07) is 19.8. The van der Waals surface area contributed by atoms with Crippen LogP contribution in [0.25, 0.3) is 32.7 Å². The standard InChI is InChI=1S/C33H40N5O6P/c1-5-7-19-42-33(39)23(4)37-45(40,44-28-18-12-14-24-13-8-9-15-25(24)28)43-22(3)20-38-29(21-41-6-2)36-30-31(38)26-16-10-11-17-27(26)35-32(30)34/h8-18,22-23H,5-7,19-21H2,1-4H3,(H2,34,35)(H,37,40)/t22-,23+,45?/m1/s1. The predicted molar refractivity (Wildman–Crippen MR) is 176 cm³/mol. The molecule has 238 valence electrons. The van der Waals surface area contributed by atoms with Crippen LogP contribution in [0.5, 0.6) is 5.75 Å². The lowest BCUT2D eigenvalue weighted by Gasteiger charge is -2.26. The second-order valence-electron chi connectivity index (χ2n) is 10.8. The van der Waals surface area contributed by atoms with Crippen molar-refractivity contribution in [2.45, 2.75) is 65.8 Å². The number of nitrogens with zero attached hydrogens (tertiary/aromatic N) is 3. The highest BCUT2D eigenvalue weighted by Gasteiger charge is 2.35. The van der Waals surface area contributed by atoms with Crippen molar-refractivity contribution < 1.29 is 27.9 Å². The van der Waals surface area contributed by atoms with Crippen LogP contribution in [0.4, 0.5) is 5.82 Å². The molecule has 5 aromatic rings. The third kappa shape index (κ3) is 7.45. The number of fused-ring (bicyclic) bond motifs is 4. The van der Waals surface area contributed by atoms with Crippen LogP contribution in [0.15, 0.2) is 66.7 Å². The molecule has 0 fully saturated rings. The number of nitrogens with one attached hydrogen (secondary N) is 1. The highest BCUT2D eigenvalue weighted by molar-refractivity contribution is 7.52. The Kier molecular flexibility index (Phi) is 10.4. The van der Waals surface area contributed by atoms with E-state index in [9.17, 15) is 9.36 Å². The number of aromatic nitrogens is 3. The third-order valence-corrected chi connectivity index (χ3v) is 9.08. The average Bonchev–Trinajstić information content (AvgIpc) is 3.38. The van der Waals surface area contributed by atoms with Crippen LogP contribution in [-0.2, 0) is 36.5 Å². The number of nitrogen functional groups attached to an aromatic ring is 1. The Bertz CT molecular complexity index is 1840. The summed E-state index contributed by atoms with van der Waals surface area (Å²) in [5.74, 6) is 0.738.